The minimum Gasteiger partial charge on any atom is -0.399 e. The molecule has 2 rings (SSSR count). The van der Waals surface area contributed by atoms with Crippen LogP contribution in [-0.2, 0) is 4.79 Å². The number of nitrogens with two attached hydrogens (primary N) is 1. The lowest BCUT2D eigenvalue weighted by Crippen LogP contribution is -2.44. The topological polar surface area (TPSA) is 46.3 Å². The van der Waals surface area contributed by atoms with Crippen LogP contribution in [0.25, 0.3) is 0 Å². The number of hydrogen-bond acceptors (Lipinski definition) is 3. The van der Waals surface area contributed by atoms with Gasteiger partial charge in [-0.1, -0.05) is 6.92 Å². The fourth-order valence-corrected chi connectivity index (χ4v) is 3.20. The fraction of sp³-hybridized carbons (Fsp3) is 0.462. The summed E-state index contributed by atoms with van der Waals surface area (Å²) in [4.78, 5) is 15.4. The SMILES string of the molecule is CCC1Sc2ccc(N)cc2N(C(C)C)C1=O. The lowest BCUT2D eigenvalue weighted by molar-refractivity contribution is -0.118. The van der Waals surface area contributed by atoms with Crippen LogP contribution in [0.4, 0.5) is 11.4 Å². The van der Waals surface area contributed by atoms with Crippen LogP contribution in [0.3, 0.4) is 0 Å². The molecule has 0 bridgehead atoms. The molecular weight excluding hydrogens is 232 g/mol. The Hall–Kier alpha value is -1.16. The van der Waals surface area contributed by atoms with Crippen molar-refractivity contribution in [3.63, 3.8) is 0 Å². The predicted molar refractivity (Wildman–Crippen MR) is 73.4 cm³/mol. The number of nitrogens with zero attached hydrogens (tertiary/aromatic N) is 1. The molecule has 2 N–H and O–H groups in total. The number of hydrogen-bond donors (Lipinski definition) is 1. The first kappa shape index (κ1) is 12.3. The molecule has 0 spiro atoms. The van der Waals surface area contributed by atoms with Gasteiger partial charge in [-0.3, -0.25) is 4.79 Å². The average molecular weight is 250 g/mol. The van der Waals surface area contributed by atoms with Crippen LogP contribution >= 0.6 is 11.8 Å². The maximum Gasteiger partial charge on any atom is 0.240 e. The third kappa shape index (κ3) is 2.14. The molecule has 1 aromatic carbocycles. The van der Waals surface area contributed by atoms with Gasteiger partial charge < -0.3 is 10.6 Å². The smallest absolute Gasteiger partial charge is 0.240 e. The molecule has 0 saturated carbocycles. The highest BCUT2D eigenvalue weighted by Gasteiger charge is 2.33. The molecule has 0 fully saturated rings. The molecule has 1 amide bonds. The van der Waals surface area contributed by atoms with Crippen molar-refractivity contribution in [2.75, 3.05) is 10.6 Å². The Labute approximate surface area is 106 Å². The van der Waals surface area contributed by atoms with Crippen molar-refractivity contribution in [3.8, 4) is 0 Å². The molecule has 1 unspecified atom stereocenters. The van der Waals surface area contributed by atoms with Crippen molar-refractivity contribution in [1.29, 1.82) is 0 Å². The number of nitrogen functional groups attached to an aromatic ring is 1. The molecular formula is C13H18N2OS. The quantitative estimate of drug-likeness (QED) is 0.821. The van der Waals surface area contributed by atoms with Gasteiger partial charge in [-0.2, -0.15) is 0 Å². The molecule has 4 heteroatoms. The molecule has 1 aromatic rings. The van der Waals surface area contributed by atoms with Gasteiger partial charge in [0.25, 0.3) is 0 Å². The molecule has 17 heavy (non-hydrogen) atoms. The van der Waals surface area contributed by atoms with Gasteiger partial charge in [0.2, 0.25) is 5.91 Å². The van der Waals surface area contributed by atoms with Crippen LogP contribution in [0.2, 0.25) is 0 Å². The average Bonchev–Trinajstić information content (AvgIpc) is 2.27. The van der Waals surface area contributed by atoms with Crippen molar-refractivity contribution < 1.29 is 4.79 Å². The molecule has 92 valence electrons. The molecule has 1 aliphatic heterocycles. The van der Waals surface area contributed by atoms with E-state index in [4.69, 9.17) is 5.73 Å². The third-order valence-electron chi connectivity index (χ3n) is 2.91. The highest BCUT2D eigenvalue weighted by atomic mass is 32.2. The van der Waals surface area contributed by atoms with Gasteiger partial charge in [-0.25, -0.2) is 0 Å². The van der Waals surface area contributed by atoms with Crippen molar-refractivity contribution >= 4 is 29.0 Å². The Kier molecular flexibility index (Phi) is 3.33. The number of anilines is 2. The lowest BCUT2D eigenvalue weighted by atomic mass is 10.1. The monoisotopic (exact) mass is 250 g/mol. The van der Waals surface area contributed by atoms with Crippen molar-refractivity contribution in [1.82, 2.24) is 0 Å². The first-order valence-corrected chi connectivity index (χ1v) is 6.81. The zero-order chi connectivity index (χ0) is 12.6. The molecule has 1 atom stereocenters. The number of amides is 1. The number of carbonyl (C=O) groups is 1. The van der Waals surface area contributed by atoms with Crippen LogP contribution in [0.15, 0.2) is 23.1 Å². The van der Waals surface area contributed by atoms with Gasteiger partial charge in [-0.05, 0) is 38.5 Å². The van der Waals surface area contributed by atoms with Crippen LogP contribution in [0, 0.1) is 0 Å². The summed E-state index contributed by atoms with van der Waals surface area (Å²) >= 11 is 1.65. The fourth-order valence-electron chi connectivity index (χ4n) is 2.09. The van der Waals surface area contributed by atoms with Gasteiger partial charge in [0.1, 0.15) is 0 Å². The largest absolute Gasteiger partial charge is 0.399 e. The van der Waals surface area contributed by atoms with E-state index in [9.17, 15) is 4.79 Å². The molecule has 3 nitrogen and oxygen atoms in total. The van der Waals surface area contributed by atoms with Crippen LogP contribution < -0.4 is 10.6 Å². The van der Waals surface area contributed by atoms with E-state index in [-0.39, 0.29) is 17.2 Å². The van der Waals surface area contributed by atoms with E-state index in [0.717, 1.165) is 17.0 Å². The summed E-state index contributed by atoms with van der Waals surface area (Å²) in [6.07, 6.45) is 0.858. The van der Waals surface area contributed by atoms with E-state index in [1.807, 2.05) is 36.9 Å². The zero-order valence-corrected chi connectivity index (χ0v) is 11.3. The molecule has 0 aliphatic carbocycles. The van der Waals surface area contributed by atoms with Crippen molar-refractivity contribution in [3.05, 3.63) is 18.2 Å². The number of rotatable bonds is 2. The van der Waals surface area contributed by atoms with Crippen LogP contribution in [0.1, 0.15) is 27.2 Å². The van der Waals surface area contributed by atoms with Crippen LogP contribution in [0.5, 0.6) is 0 Å². The van der Waals surface area contributed by atoms with Crippen molar-refractivity contribution in [2.24, 2.45) is 0 Å². The highest BCUT2D eigenvalue weighted by molar-refractivity contribution is 8.01. The maximum absolute atomic E-state index is 12.3. The van der Waals surface area contributed by atoms with E-state index in [1.54, 1.807) is 11.8 Å². The van der Waals surface area contributed by atoms with E-state index < -0.39 is 0 Å². The lowest BCUT2D eigenvalue weighted by Gasteiger charge is -2.36. The maximum atomic E-state index is 12.3. The number of thioether (sulfide) groups is 1. The molecule has 0 radical (unpaired) electrons. The molecule has 0 aromatic heterocycles. The Bertz CT molecular complexity index is 445. The summed E-state index contributed by atoms with van der Waals surface area (Å²) in [6.45, 7) is 6.12. The molecule has 1 aliphatic rings. The summed E-state index contributed by atoms with van der Waals surface area (Å²) < 4.78 is 0. The Balaban J connectivity index is 2.50. The van der Waals surface area contributed by atoms with Gasteiger partial charge >= 0.3 is 0 Å². The summed E-state index contributed by atoms with van der Waals surface area (Å²) in [5, 5.41) is 0.0357. The second-order valence-electron chi connectivity index (χ2n) is 4.54. The second kappa shape index (κ2) is 4.61. The first-order valence-electron chi connectivity index (χ1n) is 5.93. The Morgan fingerprint density at radius 2 is 2.18 bits per heavy atom. The normalized spacial score (nSPS) is 19.6. The Morgan fingerprint density at radius 3 is 2.76 bits per heavy atom. The van der Waals surface area contributed by atoms with Crippen LogP contribution in [-0.4, -0.2) is 17.2 Å². The first-order chi connectivity index (χ1) is 8.04. The predicted octanol–water partition coefficient (Wildman–Crippen LogP) is 2.89. The molecule has 1 heterocycles. The Morgan fingerprint density at radius 1 is 1.47 bits per heavy atom. The molecule has 0 saturated heterocycles. The second-order valence-corrected chi connectivity index (χ2v) is 5.79. The summed E-state index contributed by atoms with van der Waals surface area (Å²) in [5.41, 5.74) is 7.47. The number of fused-ring (bicyclic) bond motifs is 1. The van der Waals surface area contributed by atoms with E-state index in [1.165, 1.54) is 0 Å². The summed E-state index contributed by atoms with van der Waals surface area (Å²) in [5.74, 6) is 0.200. The van der Waals surface area contributed by atoms with Gasteiger partial charge in [0.05, 0.1) is 10.9 Å². The van der Waals surface area contributed by atoms with E-state index in [0.29, 0.717) is 5.69 Å². The third-order valence-corrected chi connectivity index (χ3v) is 4.33. The minimum absolute atomic E-state index is 0.0357. The van der Waals surface area contributed by atoms with Gasteiger partial charge in [0.15, 0.2) is 0 Å². The van der Waals surface area contributed by atoms with E-state index in [2.05, 4.69) is 6.92 Å². The van der Waals surface area contributed by atoms with Gasteiger partial charge in [0, 0.05) is 16.6 Å². The van der Waals surface area contributed by atoms with E-state index >= 15 is 0 Å². The standard InChI is InChI=1S/C13H18N2OS/c1-4-11-13(16)15(8(2)3)10-7-9(14)5-6-12(10)17-11/h5-8,11H,4,14H2,1-3H3. The van der Waals surface area contributed by atoms with Crippen molar-refractivity contribution in [2.45, 2.75) is 43.4 Å². The van der Waals surface area contributed by atoms with Gasteiger partial charge in [-0.15, -0.1) is 11.8 Å². The number of carbonyl (C=O) groups excluding carboxylic acids is 1. The summed E-state index contributed by atoms with van der Waals surface area (Å²) in [7, 11) is 0. The minimum atomic E-state index is 0.0357. The highest BCUT2D eigenvalue weighted by Crippen LogP contribution is 2.42. The number of benzene rings is 1. The zero-order valence-electron chi connectivity index (χ0n) is 10.4. The summed E-state index contributed by atoms with van der Waals surface area (Å²) in [6, 6.07) is 5.97.